The van der Waals surface area contributed by atoms with E-state index in [1.807, 2.05) is 18.2 Å². The summed E-state index contributed by atoms with van der Waals surface area (Å²) in [5, 5.41) is 12.5. The van der Waals surface area contributed by atoms with Crippen LogP contribution in [0.3, 0.4) is 0 Å². The van der Waals surface area contributed by atoms with Crippen molar-refractivity contribution in [2.24, 2.45) is 0 Å². The number of benzene rings is 2. The monoisotopic (exact) mass is 683 g/mol. The number of carboxylic acids is 1. The number of aromatic nitrogens is 2. The fraction of sp³-hybridized carbons (Fsp3) is 0.433. The second-order valence-corrected chi connectivity index (χ2v) is 14.1. The van der Waals surface area contributed by atoms with Gasteiger partial charge in [0.1, 0.15) is 23.9 Å². The summed E-state index contributed by atoms with van der Waals surface area (Å²) >= 11 is 1.57. The normalized spacial score (nSPS) is 11.9. The van der Waals surface area contributed by atoms with Crippen LogP contribution in [0.25, 0.3) is 21.1 Å². The molecule has 2 heterocycles. The van der Waals surface area contributed by atoms with E-state index in [9.17, 15) is 13.2 Å². The van der Waals surface area contributed by atoms with E-state index in [0.29, 0.717) is 43.0 Å². The lowest BCUT2D eigenvalue weighted by atomic mass is 10.1. The highest BCUT2D eigenvalue weighted by atomic mass is 35.5. The van der Waals surface area contributed by atoms with E-state index in [1.54, 1.807) is 62.0 Å². The van der Waals surface area contributed by atoms with Crippen LogP contribution >= 0.6 is 23.7 Å². The number of pyridine rings is 1. The molecule has 4 aromatic rings. The van der Waals surface area contributed by atoms with E-state index in [-0.39, 0.29) is 56.1 Å². The Bertz CT molecular complexity index is 1660. The van der Waals surface area contributed by atoms with Crippen molar-refractivity contribution in [3.63, 3.8) is 0 Å². The first-order valence-electron chi connectivity index (χ1n) is 14.0. The molecule has 0 aliphatic rings. The SMILES string of the molecule is CC(C)(C)S(=O)(=O)c1cc2c(Nc3ccc4scnc4c3)ccnc2cc1OCCOCCOCCOCCOCC(=O)O.Cl. The molecule has 0 unspecified atom stereocenters. The molecule has 45 heavy (non-hydrogen) atoms. The number of hydrogen-bond donors (Lipinski definition) is 2. The summed E-state index contributed by atoms with van der Waals surface area (Å²) in [6.07, 6.45) is 1.66. The third kappa shape index (κ3) is 10.2. The minimum Gasteiger partial charge on any atom is -0.490 e. The van der Waals surface area contributed by atoms with E-state index < -0.39 is 20.6 Å². The number of fused-ring (bicyclic) bond motifs is 2. The van der Waals surface area contributed by atoms with Crippen LogP contribution in [0.4, 0.5) is 11.4 Å². The average molecular weight is 684 g/mol. The van der Waals surface area contributed by atoms with Crippen molar-refractivity contribution in [3.8, 4) is 5.75 Å². The Labute approximate surface area is 272 Å². The van der Waals surface area contributed by atoms with Crippen LogP contribution in [0.1, 0.15) is 20.8 Å². The molecule has 246 valence electrons. The number of thiazole rings is 1. The number of halogens is 1. The molecule has 0 spiro atoms. The van der Waals surface area contributed by atoms with E-state index in [4.69, 9.17) is 28.8 Å². The van der Waals surface area contributed by atoms with Crippen LogP contribution in [-0.4, -0.2) is 93.7 Å². The van der Waals surface area contributed by atoms with Gasteiger partial charge in [0.15, 0.2) is 9.84 Å². The maximum Gasteiger partial charge on any atom is 0.329 e. The number of sulfone groups is 1. The number of rotatable bonds is 18. The first-order chi connectivity index (χ1) is 21.1. The Morgan fingerprint density at radius 1 is 0.867 bits per heavy atom. The Kier molecular flexibility index (Phi) is 13.7. The lowest BCUT2D eigenvalue weighted by Crippen LogP contribution is -2.28. The van der Waals surface area contributed by atoms with Crippen LogP contribution in [0.2, 0.25) is 0 Å². The number of anilines is 2. The third-order valence-electron chi connectivity index (χ3n) is 6.34. The van der Waals surface area contributed by atoms with Crippen LogP contribution < -0.4 is 10.1 Å². The predicted molar refractivity (Wildman–Crippen MR) is 175 cm³/mol. The number of nitrogens with one attached hydrogen (secondary N) is 1. The minimum absolute atomic E-state index is 0. The number of aliphatic carboxylic acids is 1. The Hall–Kier alpha value is -3.11. The molecule has 2 N–H and O–H groups in total. The van der Waals surface area contributed by atoms with Crippen molar-refractivity contribution in [1.29, 1.82) is 0 Å². The Morgan fingerprint density at radius 3 is 2.16 bits per heavy atom. The molecule has 2 aromatic heterocycles. The van der Waals surface area contributed by atoms with Crippen LogP contribution in [0.5, 0.6) is 5.75 Å². The van der Waals surface area contributed by atoms with Gasteiger partial charge >= 0.3 is 5.97 Å². The van der Waals surface area contributed by atoms with Crippen molar-refractivity contribution in [2.45, 2.75) is 30.4 Å². The molecule has 0 saturated carbocycles. The zero-order valence-electron chi connectivity index (χ0n) is 25.3. The van der Waals surface area contributed by atoms with Gasteiger partial charge < -0.3 is 34.1 Å². The molecule has 0 amide bonds. The second kappa shape index (κ2) is 17.0. The predicted octanol–water partition coefficient (Wildman–Crippen LogP) is 5.11. The molecule has 0 aliphatic carbocycles. The highest BCUT2D eigenvalue weighted by molar-refractivity contribution is 7.92. The molecule has 0 aliphatic heterocycles. The molecular weight excluding hydrogens is 646 g/mol. The largest absolute Gasteiger partial charge is 0.490 e. The van der Waals surface area contributed by atoms with E-state index in [0.717, 1.165) is 15.9 Å². The fourth-order valence-electron chi connectivity index (χ4n) is 4.04. The number of nitrogens with zero attached hydrogens (tertiary/aromatic N) is 2. The summed E-state index contributed by atoms with van der Waals surface area (Å²) in [4.78, 5) is 19.3. The summed E-state index contributed by atoms with van der Waals surface area (Å²) in [5.41, 5.74) is 4.79. The summed E-state index contributed by atoms with van der Waals surface area (Å²) in [7, 11) is -3.78. The third-order valence-corrected chi connectivity index (χ3v) is 9.66. The second-order valence-electron chi connectivity index (χ2n) is 10.6. The maximum atomic E-state index is 13.6. The van der Waals surface area contributed by atoms with Gasteiger partial charge in [0.25, 0.3) is 0 Å². The van der Waals surface area contributed by atoms with Gasteiger partial charge in [-0.15, -0.1) is 23.7 Å². The number of carboxylic acid groups (broad SMARTS) is 1. The van der Waals surface area contributed by atoms with E-state index in [2.05, 4.69) is 15.3 Å². The lowest BCUT2D eigenvalue weighted by Gasteiger charge is -2.22. The average Bonchev–Trinajstić information content (AvgIpc) is 3.44. The molecule has 0 saturated heterocycles. The van der Waals surface area contributed by atoms with Crippen LogP contribution in [-0.2, 0) is 33.6 Å². The Morgan fingerprint density at radius 2 is 1.51 bits per heavy atom. The zero-order valence-corrected chi connectivity index (χ0v) is 27.8. The van der Waals surface area contributed by atoms with Gasteiger partial charge in [-0.05, 0) is 51.1 Å². The maximum absolute atomic E-state index is 13.6. The van der Waals surface area contributed by atoms with Crippen LogP contribution in [0.15, 0.2) is 53.0 Å². The summed E-state index contributed by atoms with van der Waals surface area (Å²) < 4.78 is 54.4. The number of hydrogen-bond acceptors (Lipinski definition) is 12. The van der Waals surface area contributed by atoms with Gasteiger partial charge in [0.05, 0.1) is 72.2 Å². The van der Waals surface area contributed by atoms with E-state index >= 15 is 0 Å². The Balaban J connectivity index is 0.00000552. The first kappa shape index (κ1) is 36.4. The molecule has 4 rings (SSSR count). The van der Waals surface area contributed by atoms with Crippen LogP contribution in [0, 0.1) is 0 Å². The topological polar surface area (TPSA) is 155 Å². The fourth-order valence-corrected chi connectivity index (χ4v) is 6.01. The lowest BCUT2D eigenvalue weighted by molar-refractivity contribution is -0.142. The van der Waals surface area contributed by atoms with Crippen molar-refractivity contribution < 1.29 is 42.0 Å². The summed E-state index contributed by atoms with van der Waals surface area (Å²) in [6.45, 7) is 6.81. The standard InChI is InChI=1S/C30H37N3O9S2.ClH/c1-30(2,3)44(36,37)28-17-22-23(33-21-4-5-27-25(16-21)32-20-43-27)6-7-31-24(22)18-26(28)42-15-14-40-11-10-38-8-9-39-12-13-41-19-29(34)35;/h4-7,16-18,20H,8-15,19H2,1-3H3,(H,31,33)(H,34,35);1H. The van der Waals surface area contributed by atoms with E-state index in [1.165, 1.54) is 0 Å². The molecule has 0 radical (unpaired) electrons. The molecule has 15 heteroatoms. The highest BCUT2D eigenvalue weighted by Crippen LogP contribution is 2.38. The molecule has 0 bridgehead atoms. The molecule has 0 atom stereocenters. The van der Waals surface area contributed by atoms with Gasteiger partial charge in [0, 0.05) is 29.0 Å². The first-order valence-corrected chi connectivity index (χ1v) is 16.4. The molecule has 2 aromatic carbocycles. The van der Waals surface area contributed by atoms with Gasteiger partial charge in [-0.25, -0.2) is 18.2 Å². The smallest absolute Gasteiger partial charge is 0.329 e. The number of carbonyl (C=O) groups is 1. The zero-order chi connectivity index (χ0) is 31.6. The minimum atomic E-state index is -3.78. The van der Waals surface area contributed by atoms with Crippen molar-refractivity contribution in [1.82, 2.24) is 9.97 Å². The number of ether oxygens (including phenoxy) is 5. The van der Waals surface area contributed by atoms with Gasteiger partial charge in [-0.1, -0.05) is 0 Å². The molecule has 12 nitrogen and oxygen atoms in total. The highest BCUT2D eigenvalue weighted by Gasteiger charge is 2.34. The van der Waals surface area contributed by atoms with Gasteiger partial charge in [-0.3, -0.25) is 4.98 Å². The molecule has 0 fully saturated rings. The van der Waals surface area contributed by atoms with Gasteiger partial charge in [0.2, 0.25) is 0 Å². The van der Waals surface area contributed by atoms with Crippen molar-refractivity contribution >= 4 is 72.0 Å². The quantitative estimate of drug-likeness (QED) is 0.134. The van der Waals surface area contributed by atoms with Crippen molar-refractivity contribution in [3.05, 3.63) is 48.1 Å². The summed E-state index contributed by atoms with van der Waals surface area (Å²) in [6, 6.07) is 11.0. The molecular formula is C30H38ClN3O9S2. The summed E-state index contributed by atoms with van der Waals surface area (Å²) in [5.74, 6) is -0.808. The van der Waals surface area contributed by atoms with Gasteiger partial charge in [-0.2, -0.15) is 0 Å². The van der Waals surface area contributed by atoms with Crippen molar-refractivity contribution in [2.75, 3.05) is 64.8 Å².